The number of ether oxygens (including phenoxy) is 3. The van der Waals surface area contributed by atoms with Crippen LogP contribution in [0.5, 0.6) is 6.01 Å². The van der Waals surface area contributed by atoms with Gasteiger partial charge in [-0.25, -0.2) is 8.78 Å². The number of alkyl halides is 1. The molecule has 1 aromatic heterocycles. The molecule has 222 valence electrons. The van der Waals surface area contributed by atoms with Crippen molar-refractivity contribution >= 4 is 23.1 Å². The third kappa shape index (κ3) is 4.65. The normalized spacial score (nSPS) is 31.6. The van der Waals surface area contributed by atoms with Gasteiger partial charge < -0.3 is 24.8 Å². The maximum absolute atomic E-state index is 15.8. The number of hydrogen-bond acceptors (Lipinski definition) is 8. The van der Waals surface area contributed by atoms with Crippen molar-refractivity contribution in [1.82, 2.24) is 14.9 Å². The number of rotatable bonds is 4. The van der Waals surface area contributed by atoms with Crippen LogP contribution in [0, 0.1) is 5.82 Å². The standard InChI is InChI=1S/C30H38ClF2N5O3/c1-18-4-6-30(25-24(18)21(31)12-22(34)26(25)33)14-23-20(16-41-30)27(37-7-3-10-39-11-9-37)36-28(35-23)40-17-29-5-2-8-38(29)15-19(32)13-29/h12,18-19H,2-11,13-17,34H2,1H3/t18?,19-,29+,30?/m1/s1. The minimum absolute atomic E-state index is 0.0247. The molecule has 2 unspecified atom stereocenters. The Morgan fingerprint density at radius 2 is 2.07 bits per heavy atom. The lowest BCUT2D eigenvalue weighted by Gasteiger charge is -2.45. The SMILES string of the molecule is CC1CCC2(Cc3nc(OC[C@@]45CCCN4C[C@H](F)C5)nc(N4CCCOCC4)c3CO2)c2c(F)c(N)cc(Cl)c21. The number of halogens is 3. The minimum atomic E-state index is -0.934. The summed E-state index contributed by atoms with van der Waals surface area (Å²) < 4.78 is 48.9. The van der Waals surface area contributed by atoms with E-state index in [2.05, 4.69) is 16.7 Å². The summed E-state index contributed by atoms with van der Waals surface area (Å²) >= 11 is 6.64. The Kier molecular flexibility index (Phi) is 7.04. The minimum Gasteiger partial charge on any atom is -0.461 e. The van der Waals surface area contributed by atoms with Gasteiger partial charge in [0, 0.05) is 55.2 Å². The van der Waals surface area contributed by atoms with E-state index in [0.717, 1.165) is 61.4 Å². The molecule has 0 amide bonds. The Labute approximate surface area is 244 Å². The predicted octanol–water partition coefficient (Wildman–Crippen LogP) is 4.90. The monoisotopic (exact) mass is 589 g/mol. The van der Waals surface area contributed by atoms with Crippen LogP contribution in [0.2, 0.25) is 5.02 Å². The van der Waals surface area contributed by atoms with E-state index >= 15 is 4.39 Å². The van der Waals surface area contributed by atoms with Crippen LogP contribution in [0.4, 0.5) is 20.3 Å². The van der Waals surface area contributed by atoms with E-state index in [1.807, 2.05) is 0 Å². The third-order valence-electron chi connectivity index (χ3n) is 9.96. The van der Waals surface area contributed by atoms with E-state index in [0.29, 0.717) is 62.8 Å². The lowest BCUT2D eigenvalue weighted by atomic mass is 9.70. The fourth-order valence-corrected chi connectivity index (χ4v) is 8.28. The molecule has 2 aromatic rings. The number of aromatic nitrogens is 2. The van der Waals surface area contributed by atoms with Crippen molar-refractivity contribution in [2.24, 2.45) is 0 Å². The van der Waals surface area contributed by atoms with Crippen LogP contribution in [0.3, 0.4) is 0 Å². The van der Waals surface area contributed by atoms with Gasteiger partial charge in [-0.1, -0.05) is 18.5 Å². The van der Waals surface area contributed by atoms with Crippen LogP contribution in [0.25, 0.3) is 0 Å². The quantitative estimate of drug-likeness (QED) is 0.504. The highest BCUT2D eigenvalue weighted by molar-refractivity contribution is 6.31. The Balaban J connectivity index is 1.27. The molecule has 5 aliphatic rings. The first-order valence-electron chi connectivity index (χ1n) is 14.9. The molecule has 1 spiro atoms. The molecule has 5 heterocycles. The van der Waals surface area contributed by atoms with E-state index in [9.17, 15) is 4.39 Å². The molecule has 0 radical (unpaired) electrons. The highest BCUT2D eigenvalue weighted by Gasteiger charge is 2.50. The molecule has 3 fully saturated rings. The van der Waals surface area contributed by atoms with Crippen LogP contribution in [-0.2, 0) is 28.1 Å². The smallest absolute Gasteiger partial charge is 0.318 e. The first-order valence-corrected chi connectivity index (χ1v) is 15.3. The largest absolute Gasteiger partial charge is 0.461 e. The van der Waals surface area contributed by atoms with E-state index in [-0.39, 0.29) is 29.8 Å². The molecule has 4 atom stereocenters. The van der Waals surface area contributed by atoms with Gasteiger partial charge in [-0.15, -0.1) is 0 Å². The summed E-state index contributed by atoms with van der Waals surface area (Å²) in [6.07, 6.45) is 4.25. The van der Waals surface area contributed by atoms with Crippen molar-refractivity contribution in [2.75, 3.05) is 56.6 Å². The van der Waals surface area contributed by atoms with E-state index in [4.69, 9.17) is 41.5 Å². The van der Waals surface area contributed by atoms with Gasteiger partial charge in [0.15, 0.2) is 5.82 Å². The molecule has 11 heteroatoms. The molecule has 2 N–H and O–H groups in total. The number of nitrogens with zero attached hydrogens (tertiary/aromatic N) is 4. The zero-order chi connectivity index (χ0) is 28.4. The molecule has 4 aliphatic heterocycles. The van der Waals surface area contributed by atoms with Crippen molar-refractivity contribution in [3.05, 3.63) is 39.3 Å². The Morgan fingerprint density at radius 1 is 1.20 bits per heavy atom. The van der Waals surface area contributed by atoms with Crippen molar-refractivity contribution in [3.63, 3.8) is 0 Å². The van der Waals surface area contributed by atoms with Crippen molar-refractivity contribution < 1.29 is 23.0 Å². The molecule has 0 bridgehead atoms. The first kappa shape index (κ1) is 27.6. The Morgan fingerprint density at radius 3 is 2.95 bits per heavy atom. The summed E-state index contributed by atoms with van der Waals surface area (Å²) in [5.74, 6) is 0.396. The zero-order valence-electron chi connectivity index (χ0n) is 23.6. The van der Waals surface area contributed by atoms with Gasteiger partial charge in [0.1, 0.15) is 24.2 Å². The van der Waals surface area contributed by atoms with Gasteiger partial charge in [0.05, 0.1) is 30.1 Å². The van der Waals surface area contributed by atoms with E-state index in [1.54, 1.807) is 0 Å². The second kappa shape index (κ2) is 10.5. The summed E-state index contributed by atoms with van der Waals surface area (Å²) in [6, 6.07) is 1.78. The van der Waals surface area contributed by atoms with Gasteiger partial charge in [0.2, 0.25) is 0 Å². The van der Waals surface area contributed by atoms with Crippen LogP contribution in [0.1, 0.15) is 73.8 Å². The fourth-order valence-electron chi connectivity index (χ4n) is 7.88. The number of nitrogen functional groups attached to an aromatic ring is 1. The number of anilines is 2. The van der Waals surface area contributed by atoms with Crippen LogP contribution in [-0.4, -0.2) is 72.6 Å². The molecule has 8 nitrogen and oxygen atoms in total. The molecule has 1 aromatic carbocycles. The zero-order valence-corrected chi connectivity index (χ0v) is 24.3. The number of benzene rings is 1. The van der Waals surface area contributed by atoms with Gasteiger partial charge in [-0.05, 0) is 56.2 Å². The lowest BCUT2D eigenvalue weighted by Crippen LogP contribution is -2.44. The third-order valence-corrected chi connectivity index (χ3v) is 10.3. The van der Waals surface area contributed by atoms with Crippen molar-refractivity contribution in [2.45, 2.75) is 81.7 Å². The van der Waals surface area contributed by atoms with Crippen LogP contribution < -0.4 is 15.4 Å². The second-order valence-electron chi connectivity index (χ2n) is 12.5. The Hall–Kier alpha value is -2.27. The van der Waals surface area contributed by atoms with Gasteiger partial charge in [0.25, 0.3) is 0 Å². The summed E-state index contributed by atoms with van der Waals surface area (Å²) in [7, 11) is 0. The molecule has 3 saturated heterocycles. The number of fused-ring (bicyclic) bond motifs is 4. The van der Waals surface area contributed by atoms with Crippen molar-refractivity contribution in [3.8, 4) is 6.01 Å². The lowest BCUT2D eigenvalue weighted by molar-refractivity contribution is -0.0893. The number of hydrogen-bond donors (Lipinski definition) is 1. The van der Waals surface area contributed by atoms with Gasteiger partial charge in [-0.2, -0.15) is 9.97 Å². The van der Waals surface area contributed by atoms with E-state index < -0.39 is 17.6 Å². The summed E-state index contributed by atoms with van der Waals surface area (Å²) in [5.41, 5.74) is 7.76. The highest BCUT2D eigenvalue weighted by Crippen LogP contribution is 2.52. The fraction of sp³-hybridized carbons (Fsp3) is 0.667. The molecular formula is C30H38ClF2N5O3. The molecular weight excluding hydrogens is 552 g/mol. The average Bonchev–Trinajstić information content (AvgIpc) is 3.33. The Bertz CT molecular complexity index is 1340. The second-order valence-corrected chi connectivity index (χ2v) is 12.9. The molecule has 1 aliphatic carbocycles. The number of nitrogens with two attached hydrogens (primary N) is 1. The maximum Gasteiger partial charge on any atom is 0.318 e. The van der Waals surface area contributed by atoms with Crippen LogP contribution in [0.15, 0.2) is 6.07 Å². The molecule has 41 heavy (non-hydrogen) atoms. The topological polar surface area (TPSA) is 86.0 Å². The van der Waals surface area contributed by atoms with Crippen molar-refractivity contribution in [1.29, 1.82) is 0 Å². The summed E-state index contributed by atoms with van der Waals surface area (Å²) in [6.45, 7) is 6.78. The average molecular weight is 590 g/mol. The summed E-state index contributed by atoms with van der Waals surface area (Å²) in [4.78, 5) is 14.3. The maximum atomic E-state index is 15.8. The molecule has 0 saturated carbocycles. The summed E-state index contributed by atoms with van der Waals surface area (Å²) in [5, 5.41) is 0.472. The van der Waals surface area contributed by atoms with Gasteiger partial charge >= 0.3 is 6.01 Å². The molecule has 7 rings (SSSR count). The van der Waals surface area contributed by atoms with Gasteiger partial charge in [-0.3, -0.25) is 4.90 Å². The van der Waals surface area contributed by atoms with Crippen LogP contribution >= 0.6 is 11.6 Å². The predicted molar refractivity (Wildman–Crippen MR) is 152 cm³/mol. The first-order chi connectivity index (χ1) is 19.8. The highest BCUT2D eigenvalue weighted by atomic mass is 35.5. The van der Waals surface area contributed by atoms with E-state index in [1.165, 1.54) is 6.07 Å².